The second kappa shape index (κ2) is 6.68. The van der Waals surface area contributed by atoms with Gasteiger partial charge in [-0.2, -0.15) is 0 Å². The van der Waals surface area contributed by atoms with Crippen LogP contribution in [0.15, 0.2) is 53.7 Å². The fraction of sp³-hybridized carbons (Fsp3) is 0.222. The summed E-state index contributed by atoms with van der Waals surface area (Å²) in [4.78, 5) is 10.8. The van der Waals surface area contributed by atoms with Crippen molar-refractivity contribution in [3.8, 4) is 0 Å². The van der Waals surface area contributed by atoms with Crippen LogP contribution in [-0.4, -0.2) is 38.7 Å². The van der Waals surface area contributed by atoms with Crippen molar-refractivity contribution in [3.63, 3.8) is 0 Å². The molecule has 1 N–H and O–H groups in total. The molecule has 7 heteroatoms. The Kier molecular flexibility index (Phi) is 4.59. The molecule has 0 bridgehead atoms. The van der Waals surface area contributed by atoms with Gasteiger partial charge in [-0.3, -0.25) is 0 Å². The Hall–Kier alpha value is -2.67. The summed E-state index contributed by atoms with van der Waals surface area (Å²) in [5, 5.41) is 3.96. The molecule has 0 fully saturated rings. The van der Waals surface area contributed by atoms with Gasteiger partial charge in [-0.15, -0.1) is 0 Å². The number of sulfone groups is 1. The van der Waals surface area contributed by atoms with Crippen molar-refractivity contribution in [2.45, 2.75) is 11.4 Å². The van der Waals surface area contributed by atoms with E-state index in [1.54, 1.807) is 18.2 Å². The summed E-state index contributed by atoms with van der Waals surface area (Å²) in [7, 11) is 0.720. The number of rotatable bonds is 5. The molecule has 0 amide bonds. The van der Waals surface area contributed by atoms with Crippen molar-refractivity contribution in [1.29, 1.82) is 0 Å². The van der Waals surface area contributed by atoms with E-state index in [0.29, 0.717) is 23.3 Å². The van der Waals surface area contributed by atoms with Crippen LogP contribution in [0, 0.1) is 0 Å². The van der Waals surface area contributed by atoms with Crippen molar-refractivity contribution in [2.24, 2.45) is 0 Å². The third-order valence-electron chi connectivity index (χ3n) is 3.95. The molecule has 0 aliphatic heterocycles. The summed E-state index contributed by atoms with van der Waals surface area (Å²) >= 11 is 0. The van der Waals surface area contributed by atoms with E-state index in [4.69, 9.17) is 0 Å². The predicted molar refractivity (Wildman–Crippen MR) is 101 cm³/mol. The lowest BCUT2D eigenvalue weighted by atomic mass is 10.2. The Morgan fingerprint density at radius 3 is 2.40 bits per heavy atom. The van der Waals surface area contributed by atoms with Crippen LogP contribution in [0.1, 0.15) is 5.56 Å². The average molecular weight is 356 g/mol. The van der Waals surface area contributed by atoms with E-state index < -0.39 is 9.84 Å². The molecule has 0 saturated heterocycles. The standard InChI is InChI=1S/C18H20N4O2S/c1-22(2)14-6-4-13(5-7-14)11-19-18-16-10-15(25(3,23)24)8-9-17(16)20-12-21-18/h4-10,12H,11H2,1-3H3,(H,19,20,21). The highest BCUT2D eigenvalue weighted by atomic mass is 32.2. The quantitative estimate of drug-likeness (QED) is 0.758. The van der Waals surface area contributed by atoms with Crippen LogP contribution in [0.2, 0.25) is 0 Å². The minimum absolute atomic E-state index is 0.258. The maximum Gasteiger partial charge on any atom is 0.175 e. The zero-order valence-electron chi connectivity index (χ0n) is 14.4. The summed E-state index contributed by atoms with van der Waals surface area (Å²) in [5.41, 5.74) is 2.94. The van der Waals surface area contributed by atoms with Gasteiger partial charge in [-0.1, -0.05) is 12.1 Å². The van der Waals surface area contributed by atoms with Gasteiger partial charge in [0.15, 0.2) is 9.84 Å². The van der Waals surface area contributed by atoms with Gasteiger partial charge in [-0.25, -0.2) is 18.4 Å². The first-order chi connectivity index (χ1) is 11.8. The number of nitrogens with one attached hydrogen (secondary N) is 1. The highest BCUT2D eigenvalue weighted by molar-refractivity contribution is 7.90. The first-order valence-electron chi connectivity index (χ1n) is 7.79. The van der Waals surface area contributed by atoms with Crippen LogP contribution in [0.5, 0.6) is 0 Å². The maximum atomic E-state index is 11.8. The second-order valence-electron chi connectivity index (χ2n) is 6.09. The molecule has 0 radical (unpaired) electrons. The fourth-order valence-electron chi connectivity index (χ4n) is 2.50. The molecule has 3 rings (SSSR count). The monoisotopic (exact) mass is 356 g/mol. The van der Waals surface area contributed by atoms with E-state index >= 15 is 0 Å². The Balaban J connectivity index is 1.88. The van der Waals surface area contributed by atoms with Crippen molar-refractivity contribution < 1.29 is 8.42 Å². The molecule has 0 saturated carbocycles. The molecule has 0 aliphatic rings. The van der Waals surface area contributed by atoms with E-state index in [2.05, 4.69) is 27.4 Å². The Morgan fingerprint density at radius 2 is 1.76 bits per heavy atom. The molecule has 0 spiro atoms. The third-order valence-corrected chi connectivity index (χ3v) is 5.06. The van der Waals surface area contributed by atoms with E-state index in [-0.39, 0.29) is 4.90 Å². The molecule has 0 atom stereocenters. The Bertz CT molecular complexity index is 999. The van der Waals surface area contributed by atoms with Crippen molar-refractivity contribution in [2.75, 3.05) is 30.6 Å². The average Bonchev–Trinajstić information content (AvgIpc) is 2.59. The number of nitrogens with zero attached hydrogens (tertiary/aromatic N) is 3. The number of benzene rings is 2. The molecule has 1 heterocycles. The van der Waals surface area contributed by atoms with E-state index in [1.807, 2.05) is 31.1 Å². The van der Waals surface area contributed by atoms with Gasteiger partial charge in [0.25, 0.3) is 0 Å². The van der Waals surface area contributed by atoms with Crippen molar-refractivity contribution in [1.82, 2.24) is 9.97 Å². The number of anilines is 2. The molecule has 6 nitrogen and oxygen atoms in total. The van der Waals surface area contributed by atoms with E-state index in [1.165, 1.54) is 12.6 Å². The van der Waals surface area contributed by atoms with Crippen LogP contribution >= 0.6 is 0 Å². The molecule has 2 aromatic carbocycles. The lowest BCUT2D eigenvalue weighted by Crippen LogP contribution is -2.08. The van der Waals surface area contributed by atoms with Gasteiger partial charge < -0.3 is 10.2 Å². The van der Waals surface area contributed by atoms with Gasteiger partial charge in [-0.05, 0) is 35.9 Å². The van der Waals surface area contributed by atoms with Crippen LogP contribution in [0.3, 0.4) is 0 Å². The Morgan fingerprint density at radius 1 is 1.04 bits per heavy atom. The topological polar surface area (TPSA) is 75.2 Å². The SMILES string of the molecule is CN(C)c1ccc(CNc2ncnc3ccc(S(C)(=O)=O)cc23)cc1. The molecule has 0 unspecified atom stereocenters. The summed E-state index contributed by atoms with van der Waals surface area (Å²) < 4.78 is 23.6. The van der Waals surface area contributed by atoms with Gasteiger partial charge in [0.2, 0.25) is 0 Å². The fourth-order valence-corrected chi connectivity index (χ4v) is 3.15. The third kappa shape index (κ3) is 3.88. The minimum Gasteiger partial charge on any atom is -0.378 e. The summed E-state index contributed by atoms with van der Waals surface area (Å²) in [5.74, 6) is 0.618. The lowest BCUT2D eigenvalue weighted by molar-refractivity contribution is 0.602. The van der Waals surface area contributed by atoms with Gasteiger partial charge in [0.1, 0.15) is 12.1 Å². The molecular weight excluding hydrogens is 336 g/mol. The summed E-state index contributed by atoms with van der Waals surface area (Å²) in [6.45, 7) is 0.586. The molecule has 0 aliphatic carbocycles. The molecule has 1 aromatic heterocycles. The van der Waals surface area contributed by atoms with Crippen molar-refractivity contribution in [3.05, 3.63) is 54.4 Å². The van der Waals surface area contributed by atoms with Crippen LogP contribution in [0.25, 0.3) is 10.9 Å². The first-order valence-corrected chi connectivity index (χ1v) is 9.69. The van der Waals surface area contributed by atoms with Crippen LogP contribution < -0.4 is 10.2 Å². The highest BCUT2D eigenvalue weighted by Crippen LogP contribution is 2.23. The van der Waals surface area contributed by atoms with Gasteiger partial charge in [0.05, 0.1) is 10.4 Å². The van der Waals surface area contributed by atoms with Crippen LogP contribution in [-0.2, 0) is 16.4 Å². The molecule has 3 aromatic rings. The van der Waals surface area contributed by atoms with Crippen LogP contribution in [0.4, 0.5) is 11.5 Å². The maximum absolute atomic E-state index is 11.8. The molecule has 25 heavy (non-hydrogen) atoms. The predicted octanol–water partition coefficient (Wildman–Crippen LogP) is 2.71. The number of hydrogen-bond acceptors (Lipinski definition) is 6. The van der Waals surface area contributed by atoms with Gasteiger partial charge in [0, 0.05) is 38.0 Å². The first kappa shape index (κ1) is 17.2. The zero-order valence-corrected chi connectivity index (χ0v) is 15.2. The lowest BCUT2D eigenvalue weighted by Gasteiger charge is -2.13. The number of aromatic nitrogens is 2. The number of hydrogen-bond donors (Lipinski definition) is 1. The second-order valence-corrected chi connectivity index (χ2v) is 8.10. The van der Waals surface area contributed by atoms with Crippen molar-refractivity contribution >= 4 is 32.2 Å². The number of fused-ring (bicyclic) bond motifs is 1. The molecule has 130 valence electrons. The normalized spacial score (nSPS) is 11.5. The largest absolute Gasteiger partial charge is 0.378 e. The van der Waals surface area contributed by atoms with E-state index in [9.17, 15) is 8.42 Å². The minimum atomic E-state index is -3.28. The van der Waals surface area contributed by atoms with Gasteiger partial charge >= 0.3 is 0 Å². The molecular formula is C18H20N4O2S. The smallest absolute Gasteiger partial charge is 0.175 e. The Labute approximate surface area is 147 Å². The summed E-state index contributed by atoms with van der Waals surface area (Å²) in [6, 6.07) is 13.1. The van der Waals surface area contributed by atoms with E-state index in [0.717, 1.165) is 11.3 Å². The zero-order chi connectivity index (χ0) is 18.0. The summed E-state index contributed by atoms with van der Waals surface area (Å²) in [6.07, 6.45) is 2.66. The highest BCUT2D eigenvalue weighted by Gasteiger charge is 2.11.